The molecule has 0 aromatic heterocycles. The van der Waals surface area contributed by atoms with E-state index in [2.05, 4.69) is 24.1 Å². The molecule has 4 nitrogen and oxygen atoms in total. The second kappa shape index (κ2) is 4.84. The van der Waals surface area contributed by atoms with Crippen LogP contribution in [0.2, 0.25) is 0 Å². The summed E-state index contributed by atoms with van der Waals surface area (Å²) in [7, 11) is 1.89. The first-order valence-corrected chi connectivity index (χ1v) is 11.7. The second-order valence-electron chi connectivity index (χ2n) is 7.73. The molecule has 1 atom stereocenters. The van der Waals surface area contributed by atoms with Crippen LogP contribution in [-0.2, 0) is 5.54 Å². The van der Waals surface area contributed by atoms with Crippen molar-refractivity contribution < 1.29 is 4.79 Å². The van der Waals surface area contributed by atoms with E-state index in [-0.39, 0.29) is 11.9 Å². The van der Waals surface area contributed by atoms with Gasteiger partial charge in [-0.15, -0.1) is 0 Å². The second-order valence-corrected chi connectivity index (χ2v) is 13.6. The number of nitrogens with zero attached hydrogens (tertiary/aromatic N) is 3. The molecule has 0 bridgehead atoms. The molecule has 2 fully saturated rings. The number of urea groups is 1. The van der Waals surface area contributed by atoms with Crippen molar-refractivity contribution in [2.24, 2.45) is 5.92 Å². The Hall–Kier alpha value is -2.37. The number of hydrogen-bond acceptors (Lipinski definition) is 2. The summed E-state index contributed by atoms with van der Waals surface area (Å²) in [6, 6.07) is 22.7. The Morgan fingerprint density at radius 2 is 1.52 bits per heavy atom. The van der Waals surface area contributed by atoms with Gasteiger partial charge in [0.05, 0.1) is 0 Å². The van der Waals surface area contributed by atoms with Crippen LogP contribution in [0.15, 0.2) is 60.7 Å². The summed E-state index contributed by atoms with van der Waals surface area (Å²) < 4.78 is 3.97. The maximum absolute atomic E-state index is 13.1. The van der Waals surface area contributed by atoms with E-state index in [4.69, 9.17) is 0 Å². The first kappa shape index (κ1) is 16.1. The molecule has 0 N–H and O–H groups in total. The molecule has 2 heterocycles. The third-order valence-corrected chi connectivity index (χ3v) is 11.4. The number of fused-ring (bicyclic) bond motifs is 1. The third-order valence-electron chi connectivity index (χ3n) is 6.17. The van der Waals surface area contributed by atoms with Gasteiger partial charge >= 0.3 is 148 Å². The molecule has 128 valence electrons. The van der Waals surface area contributed by atoms with Crippen molar-refractivity contribution in [1.82, 2.24) is 9.34 Å². The van der Waals surface area contributed by atoms with Crippen molar-refractivity contribution in [3.63, 3.8) is 0 Å². The molecule has 0 spiro atoms. The Labute approximate surface area is 148 Å². The van der Waals surface area contributed by atoms with Crippen LogP contribution < -0.4 is 0 Å². The van der Waals surface area contributed by atoms with Crippen LogP contribution in [0.5, 0.6) is 0 Å². The summed E-state index contributed by atoms with van der Waals surface area (Å²) in [5.74, 6) is -0.279. The number of rotatable bonds is 2. The zero-order valence-electron chi connectivity index (χ0n) is 14.8. The van der Waals surface area contributed by atoms with E-state index in [1.807, 2.05) is 72.4 Å². The summed E-state index contributed by atoms with van der Waals surface area (Å²) in [4.78, 5) is 13.1. The van der Waals surface area contributed by atoms with Crippen LogP contribution >= 0.6 is 6.90 Å². The van der Waals surface area contributed by atoms with Gasteiger partial charge < -0.3 is 0 Å². The molecule has 0 saturated carbocycles. The van der Waals surface area contributed by atoms with Crippen LogP contribution in [0, 0.1) is 17.2 Å². The van der Waals surface area contributed by atoms with Gasteiger partial charge in [-0.2, -0.15) is 0 Å². The van der Waals surface area contributed by atoms with E-state index in [9.17, 15) is 10.1 Å². The molecule has 4 rings (SSSR count). The van der Waals surface area contributed by atoms with Gasteiger partial charge in [-0.25, -0.2) is 0 Å². The van der Waals surface area contributed by atoms with Crippen LogP contribution in [-0.4, -0.2) is 41.9 Å². The van der Waals surface area contributed by atoms with Crippen molar-refractivity contribution in [2.75, 3.05) is 26.5 Å². The van der Waals surface area contributed by atoms with E-state index < -0.39 is 12.4 Å². The number of nitriles is 1. The number of benzene rings is 2. The van der Waals surface area contributed by atoms with E-state index >= 15 is 0 Å². The zero-order chi connectivity index (χ0) is 17.9. The number of amides is 2. The summed E-state index contributed by atoms with van der Waals surface area (Å²) in [5, 5.41) is 10.1. The fraction of sp³-hybridized carbons (Fsp3) is 0.300. The quantitative estimate of drug-likeness (QED) is 0.765. The van der Waals surface area contributed by atoms with Crippen LogP contribution in [0.4, 0.5) is 4.79 Å². The van der Waals surface area contributed by atoms with Crippen LogP contribution in [0.25, 0.3) is 0 Å². The maximum atomic E-state index is 13.1. The Morgan fingerprint density at radius 3 is 1.96 bits per heavy atom. The molecule has 25 heavy (non-hydrogen) atoms. The van der Waals surface area contributed by atoms with E-state index in [0.717, 1.165) is 17.3 Å². The molecular formula is C20H22N3OP. The minimum absolute atomic E-state index is 0.0214. The fourth-order valence-corrected chi connectivity index (χ4v) is 9.39. The molecule has 2 aromatic carbocycles. The summed E-state index contributed by atoms with van der Waals surface area (Å²) >= 11 is 0. The number of hydrogen-bond donors (Lipinski definition) is 0. The van der Waals surface area contributed by atoms with Gasteiger partial charge in [0.25, 0.3) is 0 Å². The Bertz CT molecular complexity index is 849. The molecule has 2 amide bonds. The predicted molar refractivity (Wildman–Crippen MR) is 101 cm³/mol. The van der Waals surface area contributed by atoms with Crippen molar-refractivity contribution in [1.29, 1.82) is 5.26 Å². The van der Waals surface area contributed by atoms with E-state index in [1.54, 1.807) is 0 Å². The molecule has 2 saturated heterocycles. The molecule has 0 aliphatic carbocycles. The predicted octanol–water partition coefficient (Wildman–Crippen LogP) is 4.09. The van der Waals surface area contributed by atoms with E-state index in [0.29, 0.717) is 0 Å². The monoisotopic (exact) mass is 351 g/mol. The number of carbonyl (C=O) groups is 1. The number of carbonyl (C=O) groups excluding carboxylic acids is 1. The fourth-order valence-electron chi connectivity index (χ4n) is 4.77. The Kier molecular flexibility index (Phi) is 3.12. The van der Waals surface area contributed by atoms with Crippen molar-refractivity contribution in [3.05, 3.63) is 71.8 Å². The Morgan fingerprint density at radius 1 is 1.04 bits per heavy atom. The molecule has 2 aromatic rings. The summed E-state index contributed by atoms with van der Waals surface area (Å²) in [5.41, 5.74) is 1.32. The average molecular weight is 351 g/mol. The normalized spacial score (nSPS) is 26.7. The third kappa shape index (κ3) is 1.72. The van der Waals surface area contributed by atoms with Gasteiger partial charge in [0.2, 0.25) is 0 Å². The standard InChI is InChI=1S/C20H22N3OP/c1-22-19(24)23-20(16-10-6-4-7-11-16,17-12-8-5-9-13-17)18(14-21)15-25(22,23,2)3/h4-13,18H,15H2,1-3H3. The van der Waals surface area contributed by atoms with Gasteiger partial charge in [-0.05, 0) is 0 Å². The van der Waals surface area contributed by atoms with E-state index in [1.165, 1.54) is 0 Å². The van der Waals surface area contributed by atoms with Crippen LogP contribution in [0.1, 0.15) is 11.1 Å². The molecule has 1 unspecified atom stereocenters. The van der Waals surface area contributed by atoms with Gasteiger partial charge in [0.1, 0.15) is 0 Å². The van der Waals surface area contributed by atoms with Crippen molar-refractivity contribution >= 4 is 12.9 Å². The Balaban J connectivity index is 2.08. The molecular weight excluding hydrogens is 329 g/mol. The van der Waals surface area contributed by atoms with Gasteiger partial charge in [-0.3, -0.25) is 0 Å². The van der Waals surface area contributed by atoms with Gasteiger partial charge in [-0.1, -0.05) is 0 Å². The minimum atomic E-state index is -2.61. The van der Waals surface area contributed by atoms with Crippen LogP contribution in [0.3, 0.4) is 0 Å². The molecule has 2 aliphatic heterocycles. The topological polar surface area (TPSA) is 47.3 Å². The SMILES string of the molecule is CN1C(=O)N2C(c3ccccc3)(c3ccccc3)C(C#N)CP12(C)C. The summed E-state index contributed by atoms with van der Waals surface area (Å²) in [6.45, 7) is 1.79. The van der Waals surface area contributed by atoms with Crippen molar-refractivity contribution in [2.45, 2.75) is 5.54 Å². The zero-order valence-corrected chi connectivity index (χ0v) is 15.6. The van der Waals surface area contributed by atoms with Crippen molar-refractivity contribution in [3.8, 4) is 6.07 Å². The first-order valence-electron chi connectivity index (χ1n) is 8.46. The van der Waals surface area contributed by atoms with Gasteiger partial charge in [0, 0.05) is 0 Å². The van der Waals surface area contributed by atoms with Gasteiger partial charge in [0.15, 0.2) is 0 Å². The average Bonchev–Trinajstić information content (AvgIpc) is 2.86. The molecule has 0 radical (unpaired) electrons. The summed E-state index contributed by atoms with van der Waals surface area (Å²) in [6.07, 6.45) is 0.730. The molecule has 2 aliphatic rings. The molecule has 5 heteroatoms. The first-order chi connectivity index (χ1) is 11.9.